The van der Waals surface area contributed by atoms with E-state index in [0.29, 0.717) is 11.5 Å². The maximum Gasteiger partial charge on any atom is 0.322 e. The lowest BCUT2D eigenvalue weighted by Gasteiger charge is -1.98. The lowest BCUT2D eigenvalue weighted by atomic mass is 10.2. The van der Waals surface area contributed by atoms with Crippen molar-refractivity contribution in [3.63, 3.8) is 0 Å². The van der Waals surface area contributed by atoms with Crippen LogP contribution in [0.5, 0.6) is 0 Å². The molecule has 0 fully saturated rings. The van der Waals surface area contributed by atoms with E-state index >= 15 is 0 Å². The van der Waals surface area contributed by atoms with Crippen molar-refractivity contribution < 1.29 is 9.21 Å². The first-order chi connectivity index (χ1) is 7.25. The van der Waals surface area contributed by atoms with Crippen molar-refractivity contribution in [2.75, 3.05) is 5.32 Å². The standard InChI is InChI=1S/C9H8N4O2/c1-6-12-13-9(15-6)11-8(14)7-2-4-10-5-3-7/h2-5H,1H3,(H,11,13,14). The highest BCUT2D eigenvalue weighted by Crippen LogP contribution is 2.06. The van der Waals surface area contributed by atoms with Gasteiger partial charge in [-0.1, -0.05) is 5.10 Å². The molecule has 0 aliphatic carbocycles. The Hall–Kier alpha value is -2.24. The molecule has 6 nitrogen and oxygen atoms in total. The van der Waals surface area contributed by atoms with E-state index in [1.807, 2.05) is 0 Å². The molecule has 1 amide bonds. The second-order valence-electron chi connectivity index (χ2n) is 2.82. The van der Waals surface area contributed by atoms with Crippen LogP contribution in [0.25, 0.3) is 0 Å². The summed E-state index contributed by atoms with van der Waals surface area (Å²) < 4.78 is 5.01. The van der Waals surface area contributed by atoms with Crippen LogP contribution in [-0.2, 0) is 0 Å². The van der Waals surface area contributed by atoms with E-state index in [1.165, 1.54) is 12.4 Å². The molecule has 6 heteroatoms. The molecule has 76 valence electrons. The van der Waals surface area contributed by atoms with E-state index in [4.69, 9.17) is 4.42 Å². The average molecular weight is 204 g/mol. The molecule has 0 aromatic carbocycles. The Bertz CT molecular complexity index is 466. The smallest absolute Gasteiger partial charge is 0.322 e. The number of aryl methyl sites for hydroxylation is 1. The third-order valence-electron chi connectivity index (χ3n) is 1.69. The van der Waals surface area contributed by atoms with Crippen LogP contribution in [0.1, 0.15) is 16.2 Å². The molecular weight excluding hydrogens is 196 g/mol. The number of nitrogens with zero attached hydrogens (tertiary/aromatic N) is 3. The van der Waals surface area contributed by atoms with Gasteiger partial charge in [-0.15, -0.1) is 5.10 Å². The molecule has 0 saturated heterocycles. The fourth-order valence-electron chi connectivity index (χ4n) is 1.02. The van der Waals surface area contributed by atoms with Crippen molar-refractivity contribution >= 4 is 11.9 Å². The van der Waals surface area contributed by atoms with Crippen molar-refractivity contribution in [1.29, 1.82) is 0 Å². The van der Waals surface area contributed by atoms with Crippen molar-refractivity contribution in [3.05, 3.63) is 36.0 Å². The third kappa shape index (κ3) is 2.16. The van der Waals surface area contributed by atoms with Gasteiger partial charge in [-0.3, -0.25) is 15.1 Å². The number of carbonyl (C=O) groups excluding carboxylic acids is 1. The minimum Gasteiger partial charge on any atom is -0.408 e. The molecule has 2 rings (SSSR count). The molecule has 0 unspecified atom stereocenters. The highest BCUT2D eigenvalue weighted by atomic mass is 16.4. The van der Waals surface area contributed by atoms with Crippen LogP contribution in [0.15, 0.2) is 28.9 Å². The number of hydrogen-bond donors (Lipinski definition) is 1. The van der Waals surface area contributed by atoms with Crippen LogP contribution in [0.3, 0.4) is 0 Å². The van der Waals surface area contributed by atoms with E-state index in [2.05, 4.69) is 20.5 Å². The second-order valence-corrected chi connectivity index (χ2v) is 2.82. The molecule has 15 heavy (non-hydrogen) atoms. The molecule has 0 aliphatic heterocycles. The lowest BCUT2D eigenvalue weighted by Crippen LogP contribution is -2.11. The largest absolute Gasteiger partial charge is 0.408 e. The molecule has 1 N–H and O–H groups in total. The number of pyridine rings is 1. The molecule has 2 aromatic rings. The maximum absolute atomic E-state index is 11.6. The van der Waals surface area contributed by atoms with Gasteiger partial charge in [0.05, 0.1) is 0 Å². The number of carbonyl (C=O) groups is 1. The zero-order chi connectivity index (χ0) is 10.7. The van der Waals surface area contributed by atoms with Gasteiger partial charge < -0.3 is 4.42 Å². The van der Waals surface area contributed by atoms with E-state index < -0.39 is 0 Å². The Balaban J connectivity index is 2.11. The predicted octanol–water partition coefficient (Wildman–Crippen LogP) is 1.03. The number of aromatic nitrogens is 3. The summed E-state index contributed by atoms with van der Waals surface area (Å²) >= 11 is 0. The van der Waals surface area contributed by atoms with E-state index in [-0.39, 0.29) is 11.9 Å². The van der Waals surface area contributed by atoms with Gasteiger partial charge in [0.2, 0.25) is 5.89 Å². The molecule has 0 radical (unpaired) electrons. The lowest BCUT2D eigenvalue weighted by molar-refractivity contribution is 0.102. The molecule has 0 bridgehead atoms. The minimum absolute atomic E-state index is 0.0920. The summed E-state index contributed by atoms with van der Waals surface area (Å²) in [5.41, 5.74) is 0.487. The monoisotopic (exact) mass is 204 g/mol. The number of nitrogens with one attached hydrogen (secondary N) is 1. The van der Waals surface area contributed by atoms with Crippen LogP contribution in [0, 0.1) is 6.92 Å². The highest BCUT2D eigenvalue weighted by molar-refractivity contribution is 6.02. The van der Waals surface area contributed by atoms with E-state index in [1.54, 1.807) is 19.1 Å². The van der Waals surface area contributed by atoms with Gasteiger partial charge in [0.25, 0.3) is 5.91 Å². The number of anilines is 1. The second kappa shape index (κ2) is 3.87. The molecule has 0 atom stereocenters. The first-order valence-corrected chi connectivity index (χ1v) is 4.27. The van der Waals surface area contributed by atoms with Gasteiger partial charge in [0.15, 0.2) is 0 Å². The first kappa shape index (κ1) is 9.32. The van der Waals surface area contributed by atoms with Crippen molar-refractivity contribution in [1.82, 2.24) is 15.2 Å². The van der Waals surface area contributed by atoms with E-state index in [9.17, 15) is 4.79 Å². The fourth-order valence-corrected chi connectivity index (χ4v) is 1.02. The summed E-state index contributed by atoms with van der Waals surface area (Å²) in [4.78, 5) is 15.4. The SMILES string of the molecule is Cc1nnc(NC(=O)c2ccncc2)o1. The summed E-state index contributed by atoms with van der Waals surface area (Å²) in [6.45, 7) is 1.65. The van der Waals surface area contributed by atoms with Crippen molar-refractivity contribution in [3.8, 4) is 0 Å². The van der Waals surface area contributed by atoms with Gasteiger partial charge in [0, 0.05) is 24.9 Å². The molecule has 0 saturated carbocycles. The first-order valence-electron chi connectivity index (χ1n) is 4.27. The Morgan fingerprint density at radius 3 is 2.67 bits per heavy atom. The average Bonchev–Trinajstić information content (AvgIpc) is 2.65. The van der Waals surface area contributed by atoms with Gasteiger partial charge >= 0.3 is 6.01 Å². The summed E-state index contributed by atoms with van der Waals surface area (Å²) in [6.07, 6.45) is 3.07. The highest BCUT2D eigenvalue weighted by Gasteiger charge is 2.09. The quantitative estimate of drug-likeness (QED) is 0.789. The topological polar surface area (TPSA) is 80.9 Å². The summed E-state index contributed by atoms with van der Waals surface area (Å²) in [7, 11) is 0. The Morgan fingerprint density at radius 1 is 1.33 bits per heavy atom. The minimum atomic E-state index is -0.305. The summed E-state index contributed by atoms with van der Waals surface area (Å²) in [5, 5.41) is 9.71. The summed E-state index contributed by atoms with van der Waals surface area (Å²) in [5.74, 6) is 0.0982. The van der Waals surface area contributed by atoms with Gasteiger partial charge in [0.1, 0.15) is 0 Å². The number of rotatable bonds is 2. The van der Waals surface area contributed by atoms with E-state index in [0.717, 1.165) is 0 Å². The van der Waals surface area contributed by atoms with Crippen molar-refractivity contribution in [2.45, 2.75) is 6.92 Å². The van der Waals surface area contributed by atoms with Gasteiger partial charge in [-0.05, 0) is 12.1 Å². The van der Waals surface area contributed by atoms with Crippen LogP contribution in [0.2, 0.25) is 0 Å². The zero-order valence-corrected chi connectivity index (χ0v) is 7.97. The van der Waals surface area contributed by atoms with Crippen LogP contribution in [0.4, 0.5) is 6.01 Å². The van der Waals surface area contributed by atoms with Crippen LogP contribution < -0.4 is 5.32 Å². The van der Waals surface area contributed by atoms with Crippen LogP contribution in [-0.4, -0.2) is 21.1 Å². The van der Waals surface area contributed by atoms with Crippen molar-refractivity contribution in [2.24, 2.45) is 0 Å². The third-order valence-corrected chi connectivity index (χ3v) is 1.69. The van der Waals surface area contributed by atoms with Crippen LogP contribution >= 0.6 is 0 Å². The molecule has 2 heterocycles. The molecular formula is C9H8N4O2. The molecule has 0 aliphatic rings. The molecule has 0 spiro atoms. The van der Waals surface area contributed by atoms with Gasteiger partial charge in [-0.25, -0.2) is 0 Å². The Labute approximate surface area is 85.4 Å². The Morgan fingerprint density at radius 2 is 2.07 bits per heavy atom. The molecule has 2 aromatic heterocycles. The maximum atomic E-state index is 11.6. The number of hydrogen-bond acceptors (Lipinski definition) is 5. The predicted molar refractivity (Wildman–Crippen MR) is 51.2 cm³/mol. The fraction of sp³-hybridized carbons (Fsp3) is 0.111. The Kier molecular flexibility index (Phi) is 2.40. The van der Waals surface area contributed by atoms with Gasteiger partial charge in [-0.2, -0.15) is 0 Å². The number of amides is 1. The summed E-state index contributed by atoms with van der Waals surface area (Å²) in [6, 6.07) is 3.28. The zero-order valence-electron chi connectivity index (χ0n) is 7.97. The normalized spacial score (nSPS) is 9.93.